The summed E-state index contributed by atoms with van der Waals surface area (Å²) in [5, 5.41) is 6.63. The van der Waals surface area contributed by atoms with E-state index in [1.54, 1.807) is 12.3 Å². The molecule has 128 valence electrons. The van der Waals surface area contributed by atoms with E-state index in [0.29, 0.717) is 16.4 Å². The van der Waals surface area contributed by atoms with Crippen molar-refractivity contribution in [3.05, 3.63) is 52.3 Å². The maximum absolute atomic E-state index is 12.4. The van der Waals surface area contributed by atoms with Crippen molar-refractivity contribution in [2.45, 2.75) is 13.8 Å². The molecule has 1 amide bonds. The zero-order valence-corrected chi connectivity index (χ0v) is 15.2. The van der Waals surface area contributed by atoms with Gasteiger partial charge in [-0.05, 0) is 57.3 Å². The van der Waals surface area contributed by atoms with Gasteiger partial charge in [0.1, 0.15) is 5.69 Å². The van der Waals surface area contributed by atoms with Crippen molar-refractivity contribution < 1.29 is 4.79 Å². The fourth-order valence-electron chi connectivity index (χ4n) is 2.31. The molecule has 2 aromatic rings. The van der Waals surface area contributed by atoms with Crippen molar-refractivity contribution in [3.8, 4) is 0 Å². The number of nitrogens with zero attached hydrogens (tertiary/aromatic N) is 2. The molecule has 0 spiro atoms. The fourth-order valence-corrected chi connectivity index (χ4v) is 2.68. The van der Waals surface area contributed by atoms with Crippen molar-refractivity contribution in [1.82, 2.24) is 9.88 Å². The molecular formula is C18H23ClN4O. The van der Waals surface area contributed by atoms with Crippen LogP contribution in [0.4, 0.5) is 11.4 Å². The van der Waals surface area contributed by atoms with Gasteiger partial charge >= 0.3 is 0 Å². The first-order valence-corrected chi connectivity index (χ1v) is 8.17. The van der Waals surface area contributed by atoms with Crippen molar-refractivity contribution in [2.24, 2.45) is 0 Å². The number of carbonyl (C=O) groups is 1. The number of aromatic nitrogens is 1. The maximum atomic E-state index is 12.4. The number of carbonyl (C=O) groups excluding carboxylic acids is 1. The number of pyridine rings is 1. The van der Waals surface area contributed by atoms with E-state index < -0.39 is 0 Å². The summed E-state index contributed by atoms with van der Waals surface area (Å²) in [5.41, 5.74) is 3.85. The van der Waals surface area contributed by atoms with Crippen LogP contribution in [0, 0.1) is 13.8 Å². The number of anilines is 2. The van der Waals surface area contributed by atoms with E-state index in [0.717, 1.165) is 29.9 Å². The number of hydrogen-bond donors (Lipinski definition) is 2. The summed E-state index contributed by atoms with van der Waals surface area (Å²) in [5.74, 6) is -0.274. The molecular weight excluding hydrogens is 324 g/mol. The van der Waals surface area contributed by atoms with E-state index in [2.05, 4.69) is 20.5 Å². The van der Waals surface area contributed by atoms with Gasteiger partial charge in [0.25, 0.3) is 5.91 Å². The highest BCUT2D eigenvalue weighted by atomic mass is 35.5. The molecule has 0 aliphatic heterocycles. The Bertz CT molecular complexity index is 690. The van der Waals surface area contributed by atoms with E-state index in [9.17, 15) is 4.79 Å². The van der Waals surface area contributed by atoms with Crippen LogP contribution in [0.15, 0.2) is 30.5 Å². The lowest BCUT2D eigenvalue weighted by Gasteiger charge is -2.12. The summed E-state index contributed by atoms with van der Waals surface area (Å²) in [4.78, 5) is 18.7. The van der Waals surface area contributed by atoms with Crippen LogP contribution >= 0.6 is 11.6 Å². The second-order valence-electron chi connectivity index (χ2n) is 6.05. The van der Waals surface area contributed by atoms with Gasteiger partial charge < -0.3 is 15.5 Å². The number of amides is 1. The molecule has 6 heteroatoms. The van der Waals surface area contributed by atoms with Crippen LogP contribution in [-0.4, -0.2) is 43.0 Å². The third-order valence-electron chi connectivity index (χ3n) is 3.55. The largest absolute Gasteiger partial charge is 0.383 e. The Morgan fingerprint density at radius 2 is 2.00 bits per heavy atom. The Hall–Kier alpha value is -2.11. The average molecular weight is 347 g/mol. The third-order valence-corrected chi connectivity index (χ3v) is 3.85. The zero-order valence-electron chi connectivity index (χ0n) is 14.5. The minimum Gasteiger partial charge on any atom is -0.383 e. The van der Waals surface area contributed by atoms with Crippen molar-refractivity contribution in [3.63, 3.8) is 0 Å². The lowest BCUT2D eigenvalue weighted by Crippen LogP contribution is -2.21. The Morgan fingerprint density at radius 1 is 1.25 bits per heavy atom. The van der Waals surface area contributed by atoms with Gasteiger partial charge in [-0.1, -0.05) is 17.7 Å². The molecule has 0 saturated heterocycles. The van der Waals surface area contributed by atoms with Crippen LogP contribution in [0.5, 0.6) is 0 Å². The molecule has 1 aromatic carbocycles. The SMILES string of the molecule is Cc1cc(C)c(NC(=O)c2ccc(NCCN(C)C)cn2)c(Cl)c1. The van der Waals surface area contributed by atoms with E-state index in [-0.39, 0.29) is 5.91 Å². The summed E-state index contributed by atoms with van der Waals surface area (Å²) < 4.78 is 0. The number of likely N-dealkylation sites (N-methyl/N-ethyl adjacent to an activating group) is 1. The van der Waals surface area contributed by atoms with E-state index in [4.69, 9.17) is 11.6 Å². The Balaban J connectivity index is 2.03. The zero-order chi connectivity index (χ0) is 17.7. The molecule has 0 bridgehead atoms. The molecule has 1 heterocycles. The summed E-state index contributed by atoms with van der Waals surface area (Å²) in [6.45, 7) is 5.62. The Kier molecular flexibility index (Phi) is 6.17. The number of nitrogens with one attached hydrogen (secondary N) is 2. The molecule has 0 atom stereocenters. The lowest BCUT2D eigenvalue weighted by atomic mass is 10.1. The first-order valence-electron chi connectivity index (χ1n) is 7.79. The van der Waals surface area contributed by atoms with Crippen molar-refractivity contribution in [2.75, 3.05) is 37.8 Å². The number of rotatable bonds is 6. The summed E-state index contributed by atoms with van der Waals surface area (Å²) in [6, 6.07) is 7.36. The van der Waals surface area contributed by atoms with E-state index >= 15 is 0 Å². The van der Waals surface area contributed by atoms with E-state index in [1.807, 2.05) is 46.1 Å². The van der Waals surface area contributed by atoms with Crippen LogP contribution in [0.3, 0.4) is 0 Å². The smallest absolute Gasteiger partial charge is 0.274 e. The van der Waals surface area contributed by atoms with E-state index in [1.165, 1.54) is 0 Å². The molecule has 0 unspecified atom stereocenters. The van der Waals surface area contributed by atoms with Crippen LogP contribution < -0.4 is 10.6 Å². The summed E-state index contributed by atoms with van der Waals surface area (Å²) in [7, 11) is 4.04. The van der Waals surface area contributed by atoms with Crippen molar-refractivity contribution in [1.29, 1.82) is 0 Å². The fraction of sp³-hybridized carbons (Fsp3) is 0.333. The predicted octanol–water partition coefficient (Wildman–Crippen LogP) is 3.58. The highest BCUT2D eigenvalue weighted by Gasteiger charge is 2.12. The second-order valence-corrected chi connectivity index (χ2v) is 6.46. The molecule has 0 saturated carbocycles. The monoisotopic (exact) mass is 346 g/mol. The number of aryl methyl sites for hydroxylation is 2. The molecule has 24 heavy (non-hydrogen) atoms. The van der Waals surface area contributed by atoms with Gasteiger partial charge in [0.2, 0.25) is 0 Å². The minimum absolute atomic E-state index is 0.274. The minimum atomic E-state index is -0.274. The molecule has 2 rings (SSSR count). The molecule has 0 aliphatic carbocycles. The highest BCUT2D eigenvalue weighted by Crippen LogP contribution is 2.27. The van der Waals surface area contributed by atoms with Crippen LogP contribution in [-0.2, 0) is 0 Å². The summed E-state index contributed by atoms with van der Waals surface area (Å²) in [6.07, 6.45) is 1.66. The van der Waals surface area contributed by atoms with Gasteiger partial charge in [-0.15, -0.1) is 0 Å². The molecule has 0 aliphatic rings. The van der Waals surface area contributed by atoms with Gasteiger partial charge in [0, 0.05) is 13.1 Å². The van der Waals surface area contributed by atoms with Crippen LogP contribution in [0.1, 0.15) is 21.6 Å². The Labute approximate surface area is 148 Å². The summed E-state index contributed by atoms with van der Waals surface area (Å²) >= 11 is 6.23. The first-order chi connectivity index (χ1) is 11.4. The highest BCUT2D eigenvalue weighted by molar-refractivity contribution is 6.34. The molecule has 5 nitrogen and oxygen atoms in total. The standard InChI is InChI=1S/C18H23ClN4O/c1-12-9-13(2)17(15(19)10-12)22-18(24)16-6-5-14(11-21-16)20-7-8-23(3)4/h5-6,9-11,20H,7-8H2,1-4H3,(H,22,24). The van der Waals surface area contributed by atoms with Gasteiger partial charge in [0.05, 0.1) is 22.6 Å². The van der Waals surface area contributed by atoms with Crippen LogP contribution in [0.25, 0.3) is 0 Å². The number of halogens is 1. The van der Waals surface area contributed by atoms with Crippen LogP contribution in [0.2, 0.25) is 5.02 Å². The topological polar surface area (TPSA) is 57.3 Å². The molecule has 0 fully saturated rings. The predicted molar refractivity (Wildman–Crippen MR) is 100 cm³/mol. The molecule has 2 N–H and O–H groups in total. The Morgan fingerprint density at radius 3 is 2.58 bits per heavy atom. The first kappa shape index (κ1) is 18.2. The third kappa shape index (κ3) is 4.94. The molecule has 1 aromatic heterocycles. The van der Waals surface area contributed by atoms with Gasteiger partial charge in [-0.2, -0.15) is 0 Å². The number of hydrogen-bond acceptors (Lipinski definition) is 4. The molecule has 0 radical (unpaired) electrons. The van der Waals surface area contributed by atoms with Gasteiger partial charge in [-0.25, -0.2) is 4.98 Å². The van der Waals surface area contributed by atoms with Crippen molar-refractivity contribution >= 4 is 28.9 Å². The average Bonchev–Trinajstić information content (AvgIpc) is 2.51. The quantitative estimate of drug-likeness (QED) is 0.839. The number of benzene rings is 1. The maximum Gasteiger partial charge on any atom is 0.274 e. The second kappa shape index (κ2) is 8.13. The van der Waals surface area contributed by atoms with Gasteiger partial charge in [0.15, 0.2) is 0 Å². The normalized spacial score (nSPS) is 10.8. The lowest BCUT2D eigenvalue weighted by molar-refractivity contribution is 0.102. The van der Waals surface area contributed by atoms with Gasteiger partial charge in [-0.3, -0.25) is 4.79 Å².